The normalized spacial score (nSPS) is 18.0. The van der Waals surface area contributed by atoms with Gasteiger partial charge < -0.3 is 14.4 Å². The molecule has 1 saturated heterocycles. The van der Waals surface area contributed by atoms with Crippen LogP contribution >= 0.6 is 15.9 Å². The fraction of sp³-hybridized carbons (Fsp3) is 0.500. The molecule has 0 aromatic heterocycles. The van der Waals surface area contributed by atoms with Crippen molar-refractivity contribution in [3.63, 3.8) is 0 Å². The summed E-state index contributed by atoms with van der Waals surface area (Å²) in [4.78, 5) is 26.6. The molecule has 2 rings (SSSR count). The molecule has 1 unspecified atom stereocenters. The number of halogens is 1. The second-order valence-electron chi connectivity index (χ2n) is 5.11. The number of amides is 1. The Balaban J connectivity index is 2.27. The molecule has 1 atom stereocenters. The smallest absolute Gasteiger partial charge is 0.328 e. The van der Waals surface area contributed by atoms with E-state index in [-0.39, 0.29) is 11.9 Å². The summed E-state index contributed by atoms with van der Waals surface area (Å²) < 4.78 is 11.0. The molecule has 1 aromatic carbocycles. The minimum atomic E-state index is -0.501. The maximum absolute atomic E-state index is 12.8. The molecule has 1 fully saturated rings. The van der Waals surface area contributed by atoms with Gasteiger partial charge in [-0.3, -0.25) is 4.79 Å². The van der Waals surface area contributed by atoms with E-state index in [2.05, 4.69) is 15.9 Å². The molecule has 0 aliphatic carbocycles. The fourth-order valence-electron chi connectivity index (χ4n) is 2.61. The fourth-order valence-corrected chi connectivity index (χ4v) is 3.02. The summed E-state index contributed by atoms with van der Waals surface area (Å²) in [5.74, 6) is 0.106. The van der Waals surface area contributed by atoms with Gasteiger partial charge in [-0.25, -0.2) is 4.79 Å². The third kappa shape index (κ3) is 3.61. The van der Waals surface area contributed by atoms with E-state index in [0.29, 0.717) is 35.4 Å². The third-order valence-electron chi connectivity index (χ3n) is 3.73. The van der Waals surface area contributed by atoms with Crippen molar-refractivity contribution in [2.24, 2.45) is 0 Å². The summed E-state index contributed by atoms with van der Waals surface area (Å²) in [6.07, 6.45) is 2.46. The van der Waals surface area contributed by atoms with Crippen LogP contribution in [0.1, 0.15) is 36.5 Å². The van der Waals surface area contributed by atoms with Crippen molar-refractivity contribution in [1.82, 2.24) is 4.90 Å². The SMILES string of the molecule is CCOC(=O)C1CCCCN1C(=O)c1cc(OC)ccc1Br. The molecule has 1 heterocycles. The molecule has 22 heavy (non-hydrogen) atoms. The number of hydrogen-bond acceptors (Lipinski definition) is 4. The molecule has 1 aliphatic heterocycles. The Morgan fingerprint density at radius 1 is 1.36 bits per heavy atom. The predicted octanol–water partition coefficient (Wildman–Crippen LogP) is 3.02. The van der Waals surface area contributed by atoms with Gasteiger partial charge in [-0.05, 0) is 60.3 Å². The van der Waals surface area contributed by atoms with Gasteiger partial charge in [-0.2, -0.15) is 0 Å². The van der Waals surface area contributed by atoms with Gasteiger partial charge in [0.05, 0.1) is 19.3 Å². The number of carbonyl (C=O) groups is 2. The summed E-state index contributed by atoms with van der Waals surface area (Å²) in [7, 11) is 1.56. The lowest BCUT2D eigenvalue weighted by atomic mass is 10.0. The number of rotatable bonds is 4. The van der Waals surface area contributed by atoms with Crippen LogP contribution in [0.15, 0.2) is 22.7 Å². The topological polar surface area (TPSA) is 55.8 Å². The number of likely N-dealkylation sites (tertiary alicyclic amines) is 1. The molecule has 120 valence electrons. The van der Waals surface area contributed by atoms with Crippen molar-refractivity contribution < 1.29 is 19.1 Å². The number of carbonyl (C=O) groups excluding carboxylic acids is 2. The van der Waals surface area contributed by atoms with E-state index in [9.17, 15) is 9.59 Å². The first-order valence-electron chi connectivity index (χ1n) is 7.39. The zero-order valence-corrected chi connectivity index (χ0v) is 14.4. The van der Waals surface area contributed by atoms with Crippen molar-refractivity contribution in [1.29, 1.82) is 0 Å². The minimum Gasteiger partial charge on any atom is -0.497 e. The molecule has 0 saturated carbocycles. The Labute approximate surface area is 138 Å². The van der Waals surface area contributed by atoms with Crippen LogP contribution in [0.5, 0.6) is 5.75 Å². The molecule has 5 nitrogen and oxygen atoms in total. The highest BCUT2D eigenvalue weighted by atomic mass is 79.9. The van der Waals surface area contributed by atoms with Crippen molar-refractivity contribution in [3.8, 4) is 5.75 Å². The van der Waals surface area contributed by atoms with Gasteiger partial charge in [-0.15, -0.1) is 0 Å². The van der Waals surface area contributed by atoms with E-state index >= 15 is 0 Å². The van der Waals surface area contributed by atoms with E-state index in [1.165, 1.54) is 0 Å². The van der Waals surface area contributed by atoms with Gasteiger partial charge in [0.15, 0.2) is 0 Å². The van der Waals surface area contributed by atoms with E-state index in [1.54, 1.807) is 37.1 Å². The lowest BCUT2D eigenvalue weighted by molar-refractivity contribution is -0.149. The first-order valence-corrected chi connectivity index (χ1v) is 8.19. The first kappa shape index (κ1) is 16.8. The Morgan fingerprint density at radius 2 is 2.14 bits per heavy atom. The van der Waals surface area contributed by atoms with Crippen molar-refractivity contribution in [2.75, 3.05) is 20.3 Å². The second-order valence-corrected chi connectivity index (χ2v) is 5.96. The Morgan fingerprint density at radius 3 is 2.82 bits per heavy atom. The highest BCUT2D eigenvalue weighted by Gasteiger charge is 2.34. The van der Waals surface area contributed by atoms with E-state index in [4.69, 9.17) is 9.47 Å². The van der Waals surface area contributed by atoms with Gasteiger partial charge in [-0.1, -0.05) is 0 Å². The quantitative estimate of drug-likeness (QED) is 0.765. The summed E-state index contributed by atoms with van der Waals surface area (Å²) in [5, 5.41) is 0. The predicted molar refractivity (Wildman–Crippen MR) is 86.0 cm³/mol. The van der Waals surface area contributed by atoms with Crippen LogP contribution in [0.3, 0.4) is 0 Å². The van der Waals surface area contributed by atoms with Crippen LogP contribution in [-0.4, -0.2) is 43.1 Å². The summed E-state index contributed by atoms with van der Waals surface area (Å²) in [6, 6.07) is 4.73. The van der Waals surface area contributed by atoms with E-state index in [1.807, 2.05) is 0 Å². The number of piperidine rings is 1. The van der Waals surface area contributed by atoms with E-state index < -0.39 is 6.04 Å². The molecule has 1 amide bonds. The average molecular weight is 370 g/mol. The Kier molecular flexibility index (Phi) is 5.83. The maximum Gasteiger partial charge on any atom is 0.328 e. The van der Waals surface area contributed by atoms with Crippen molar-refractivity contribution >= 4 is 27.8 Å². The van der Waals surface area contributed by atoms with Crippen LogP contribution in [0.25, 0.3) is 0 Å². The molecule has 0 bridgehead atoms. The molecular formula is C16H20BrNO4. The molecule has 1 aromatic rings. The Hall–Kier alpha value is -1.56. The van der Waals surface area contributed by atoms with Crippen molar-refractivity contribution in [3.05, 3.63) is 28.2 Å². The number of ether oxygens (including phenoxy) is 2. The van der Waals surface area contributed by atoms with Gasteiger partial charge in [0.1, 0.15) is 11.8 Å². The zero-order valence-electron chi connectivity index (χ0n) is 12.8. The largest absolute Gasteiger partial charge is 0.497 e. The molecule has 0 radical (unpaired) electrons. The van der Waals surface area contributed by atoms with Gasteiger partial charge in [0, 0.05) is 11.0 Å². The second kappa shape index (κ2) is 7.63. The number of hydrogen-bond donors (Lipinski definition) is 0. The highest BCUT2D eigenvalue weighted by molar-refractivity contribution is 9.10. The molecule has 6 heteroatoms. The van der Waals surface area contributed by atoms with Gasteiger partial charge in [0.25, 0.3) is 5.91 Å². The monoisotopic (exact) mass is 369 g/mol. The van der Waals surface area contributed by atoms with Crippen LogP contribution in [0.2, 0.25) is 0 Å². The molecular weight excluding hydrogens is 350 g/mol. The van der Waals surface area contributed by atoms with Gasteiger partial charge >= 0.3 is 5.97 Å². The van der Waals surface area contributed by atoms with Crippen molar-refractivity contribution in [2.45, 2.75) is 32.2 Å². The minimum absolute atomic E-state index is 0.177. The lowest BCUT2D eigenvalue weighted by Gasteiger charge is -2.34. The first-order chi connectivity index (χ1) is 10.6. The third-order valence-corrected chi connectivity index (χ3v) is 4.42. The average Bonchev–Trinajstić information content (AvgIpc) is 2.55. The van der Waals surface area contributed by atoms with Crippen LogP contribution in [-0.2, 0) is 9.53 Å². The molecule has 0 N–H and O–H groups in total. The zero-order chi connectivity index (χ0) is 16.1. The van der Waals surface area contributed by atoms with Crippen LogP contribution < -0.4 is 4.74 Å². The molecule has 0 spiro atoms. The van der Waals surface area contributed by atoms with Crippen LogP contribution in [0.4, 0.5) is 0 Å². The maximum atomic E-state index is 12.8. The highest BCUT2D eigenvalue weighted by Crippen LogP contribution is 2.27. The standard InChI is InChI=1S/C16H20BrNO4/c1-3-22-16(20)14-6-4-5-9-18(14)15(19)12-10-11(21-2)7-8-13(12)17/h7-8,10,14H,3-6,9H2,1-2H3. The summed E-state index contributed by atoms with van der Waals surface area (Å²) >= 11 is 3.40. The van der Waals surface area contributed by atoms with Gasteiger partial charge in [0.2, 0.25) is 0 Å². The summed E-state index contributed by atoms with van der Waals surface area (Å²) in [5.41, 5.74) is 0.496. The van der Waals surface area contributed by atoms with E-state index in [0.717, 1.165) is 12.8 Å². The number of esters is 1. The summed E-state index contributed by atoms with van der Waals surface area (Å²) in [6.45, 7) is 2.65. The number of methoxy groups -OCH3 is 1. The number of benzene rings is 1. The molecule has 1 aliphatic rings. The van der Waals surface area contributed by atoms with Crippen LogP contribution in [0, 0.1) is 0 Å². The Bertz CT molecular complexity index is 561. The number of nitrogens with zero attached hydrogens (tertiary/aromatic N) is 1. The lowest BCUT2D eigenvalue weighted by Crippen LogP contribution is -2.48.